The molecule has 1 aliphatic rings. The summed E-state index contributed by atoms with van der Waals surface area (Å²) in [7, 11) is 2.12. The summed E-state index contributed by atoms with van der Waals surface area (Å²) in [4.78, 5) is 4.92. The van der Waals surface area contributed by atoms with Crippen LogP contribution in [0.2, 0.25) is 0 Å². The van der Waals surface area contributed by atoms with Crippen LogP contribution in [0, 0.1) is 0 Å². The molecule has 0 N–H and O–H groups in total. The highest BCUT2D eigenvalue weighted by atomic mass is 128. The predicted molar refractivity (Wildman–Crippen MR) is 116 cm³/mol. The number of fused-ring (bicyclic) bond motifs is 2. The Bertz CT molecular complexity index is 472. The SMILES string of the molecule is CC.CC.CN1c2ccccc2Sc2ccccc21.II. The molecule has 0 spiro atoms. The van der Waals surface area contributed by atoms with Crippen molar-refractivity contribution in [3.8, 4) is 0 Å². The molecule has 0 bridgehead atoms. The van der Waals surface area contributed by atoms with Gasteiger partial charge < -0.3 is 4.90 Å². The number of halogens is 2. The van der Waals surface area contributed by atoms with Gasteiger partial charge in [-0.25, -0.2) is 0 Å². The molecule has 0 aliphatic carbocycles. The highest BCUT2D eigenvalue weighted by molar-refractivity contribution is 15.0. The summed E-state index contributed by atoms with van der Waals surface area (Å²) < 4.78 is 0. The molecule has 0 saturated carbocycles. The van der Waals surface area contributed by atoms with Gasteiger partial charge in [-0.05, 0) is 24.3 Å². The highest BCUT2D eigenvalue weighted by Crippen LogP contribution is 2.46. The van der Waals surface area contributed by atoms with Gasteiger partial charge in [0.25, 0.3) is 0 Å². The van der Waals surface area contributed by atoms with Crippen LogP contribution < -0.4 is 4.90 Å². The lowest BCUT2D eigenvalue weighted by Gasteiger charge is -2.29. The van der Waals surface area contributed by atoms with Gasteiger partial charge in [0, 0.05) is 54.1 Å². The summed E-state index contributed by atoms with van der Waals surface area (Å²) in [6.45, 7) is 8.00. The lowest BCUT2D eigenvalue weighted by molar-refractivity contribution is 1.11. The Morgan fingerprint density at radius 1 is 0.714 bits per heavy atom. The molecule has 0 aromatic heterocycles. The van der Waals surface area contributed by atoms with Gasteiger partial charge in [0.2, 0.25) is 0 Å². The second-order valence-corrected chi connectivity index (χ2v) is 4.68. The Labute approximate surface area is 157 Å². The van der Waals surface area contributed by atoms with Crippen molar-refractivity contribution >= 4 is 60.4 Å². The van der Waals surface area contributed by atoms with E-state index in [1.54, 1.807) is 0 Å². The first-order valence-corrected chi connectivity index (χ1v) is 14.2. The van der Waals surface area contributed by atoms with E-state index in [9.17, 15) is 0 Å². The number of nitrogens with zero attached hydrogens (tertiary/aromatic N) is 1. The van der Waals surface area contributed by atoms with Crippen LogP contribution in [0.15, 0.2) is 58.3 Å². The molecule has 2 aromatic rings. The van der Waals surface area contributed by atoms with E-state index in [0.717, 1.165) is 0 Å². The zero-order valence-electron chi connectivity index (χ0n) is 13.2. The second-order valence-electron chi connectivity index (χ2n) is 3.60. The van der Waals surface area contributed by atoms with Crippen molar-refractivity contribution in [2.75, 3.05) is 11.9 Å². The maximum absolute atomic E-state index is 2.25. The number of rotatable bonds is 0. The van der Waals surface area contributed by atoms with Crippen LogP contribution in [0.25, 0.3) is 0 Å². The van der Waals surface area contributed by atoms with Crippen molar-refractivity contribution in [1.29, 1.82) is 0 Å². The highest BCUT2D eigenvalue weighted by Gasteiger charge is 2.18. The average Bonchev–Trinajstić information content (AvgIpc) is 2.61. The standard InChI is InChI=1S/C13H11NS.2C2H6.I2/c1-14-10-6-2-4-8-12(10)15-13-9-5-3-7-11(13)14;3*1-2/h2-9H,1H3;2*1-2H3;. The van der Waals surface area contributed by atoms with Gasteiger partial charge in [-0.3, -0.25) is 0 Å². The molecule has 0 unspecified atom stereocenters. The molecule has 0 amide bonds. The Morgan fingerprint density at radius 2 is 1.05 bits per heavy atom. The molecular weight excluding hydrogens is 504 g/mol. The van der Waals surface area contributed by atoms with Crippen LogP contribution in [0.5, 0.6) is 0 Å². The molecule has 3 rings (SSSR count). The molecule has 4 heteroatoms. The molecule has 0 atom stereocenters. The van der Waals surface area contributed by atoms with Gasteiger partial charge >= 0.3 is 0 Å². The van der Waals surface area contributed by atoms with Crippen LogP contribution in [0.1, 0.15) is 27.7 Å². The smallest absolute Gasteiger partial charge is 0.0550 e. The molecule has 1 nitrogen and oxygen atoms in total. The predicted octanol–water partition coefficient (Wildman–Crippen LogP) is 7.74. The minimum absolute atomic E-state index is 1.29. The molecule has 2 aromatic carbocycles. The second kappa shape index (κ2) is 12.6. The Kier molecular flexibility index (Phi) is 12.6. The summed E-state index contributed by atoms with van der Waals surface area (Å²) in [6.07, 6.45) is 0. The van der Waals surface area contributed by atoms with E-state index in [1.807, 2.05) is 39.5 Å². The van der Waals surface area contributed by atoms with E-state index >= 15 is 0 Å². The Balaban J connectivity index is 0.000000598. The van der Waals surface area contributed by atoms with Crippen molar-refractivity contribution in [2.45, 2.75) is 37.5 Å². The van der Waals surface area contributed by atoms with Gasteiger partial charge in [0.05, 0.1) is 11.4 Å². The third-order valence-corrected chi connectivity index (χ3v) is 3.80. The number of para-hydroxylation sites is 2. The van der Waals surface area contributed by atoms with Crippen molar-refractivity contribution in [3.05, 3.63) is 48.5 Å². The fraction of sp³-hybridized carbons (Fsp3) is 0.294. The van der Waals surface area contributed by atoms with Crippen molar-refractivity contribution in [1.82, 2.24) is 0 Å². The third kappa shape index (κ3) is 5.63. The fourth-order valence-corrected chi connectivity index (χ4v) is 3.04. The Morgan fingerprint density at radius 3 is 1.43 bits per heavy atom. The first-order valence-electron chi connectivity index (χ1n) is 7.10. The minimum atomic E-state index is 1.29. The summed E-state index contributed by atoms with van der Waals surface area (Å²) in [5.74, 6) is 0. The molecule has 21 heavy (non-hydrogen) atoms. The first kappa shape index (κ1) is 21.0. The maximum atomic E-state index is 2.25. The maximum Gasteiger partial charge on any atom is 0.0550 e. The van der Waals surface area contributed by atoms with Crippen LogP contribution in [0.4, 0.5) is 11.4 Å². The first-order chi connectivity index (χ1) is 10.4. The summed E-state index contributed by atoms with van der Waals surface area (Å²) in [6, 6.07) is 17.0. The largest absolute Gasteiger partial charge is 0.343 e. The van der Waals surface area contributed by atoms with Crippen LogP contribution in [-0.4, -0.2) is 7.05 Å². The zero-order valence-corrected chi connectivity index (χ0v) is 18.4. The van der Waals surface area contributed by atoms with Crippen LogP contribution in [0.3, 0.4) is 0 Å². The topological polar surface area (TPSA) is 3.24 Å². The number of hydrogen-bond donors (Lipinski definition) is 0. The molecule has 0 radical (unpaired) electrons. The van der Waals surface area contributed by atoms with E-state index < -0.39 is 0 Å². The summed E-state index contributed by atoms with van der Waals surface area (Å²) in [5, 5.41) is 0. The van der Waals surface area contributed by atoms with Crippen LogP contribution >= 0.6 is 49.0 Å². The summed E-state index contributed by atoms with van der Waals surface area (Å²) >= 11 is 6.08. The van der Waals surface area contributed by atoms with Gasteiger partial charge in [-0.15, -0.1) is 0 Å². The van der Waals surface area contributed by atoms with E-state index in [-0.39, 0.29) is 0 Å². The van der Waals surface area contributed by atoms with E-state index in [4.69, 9.17) is 0 Å². The quantitative estimate of drug-likeness (QED) is 0.323. The molecule has 0 fully saturated rings. The minimum Gasteiger partial charge on any atom is -0.343 e. The molecular formula is C17H23I2NS. The Hall–Kier alpha value is 0.0500. The summed E-state index contributed by atoms with van der Waals surface area (Å²) in [5.41, 5.74) is 2.59. The van der Waals surface area contributed by atoms with Crippen molar-refractivity contribution in [2.24, 2.45) is 0 Å². The normalized spacial score (nSPS) is 10.3. The van der Waals surface area contributed by atoms with E-state index in [1.165, 1.54) is 21.2 Å². The third-order valence-electron chi connectivity index (χ3n) is 2.67. The zero-order chi connectivity index (χ0) is 16.3. The van der Waals surface area contributed by atoms with E-state index in [2.05, 4.69) is 97.7 Å². The van der Waals surface area contributed by atoms with Gasteiger partial charge in [0.1, 0.15) is 0 Å². The molecule has 1 aliphatic heterocycles. The molecule has 1 heterocycles. The monoisotopic (exact) mass is 527 g/mol. The molecule has 0 saturated heterocycles. The van der Waals surface area contributed by atoms with Gasteiger partial charge in [-0.1, -0.05) is 63.7 Å². The van der Waals surface area contributed by atoms with Crippen molar-refractivity contribution in [3.63, 3.8) is 0 Å². The van der Waals surface area contributed by atoms with Gasteiger partial charge in [-0.2, -0.15) is 0 Å². The fourth-order valence-electron chi connectivity index (χ4n) is 1.89. The number of hydrogen-bond acceptors (Lipinski definition) is 2. The van der Waals surface area contributed by atoms with E-state index in [0.29, 0.717) is 0 Å². The average molecular weight is 527 g/mol. The lowest BCUT2D eigenvalue weighted by atomic mass is 10.2. The van der Waals surface area contributed by atoms with Crippen molar-refractivity contribution < 1.29 is 0 Å². The van der Waals surface area contributed by atoms with Gasteiger partial charge in [0.15, 0.2) is 0 Å². The number of benzene rings is 2. The lowest BCUT2D eigenvalue weighted by Crippen LogP contribution is -2.14. The molecule has 116 valence electrons. The number of anilines is 2. The van der Waals surface area contributed by atoms with Crippen LogP contribution in [-0.2, 0) is 0 Å².